The second-order valence-corrected chi connectivity index (χ2v) is 7.18. The number of thiophene rings is 1. The van der Waals surface area contributed by atoms with E-state index in [9.17, 15) is 0 Å². The van der Waals surface area contributed by atoms with Crippen molar-refractivity contribution in [3.8, 4) is 0 Å². The van der Waals surface area contributed by atoms with E-state index in [1.165, 1.54) is 24.1 Å². The first kappa shape index (κ1) is 16.6. The van der Waals surface area contributed by atoms with Gasteiger partial charge in [0.2, 0.25) is 0 Å². The molecule has 1 fully saturated rings. The van der Waals surface area contributed by atoms with Crippen LogP contribution in [0.5, 0.6) is 0 Å². The van der Waals surface area contributed by atoms with Crippen LogP contribution in [0.4, 0.5) is 0 Å². The first-order chi connectivity index (χ1) is 10.2. The third kappa shape index (κ3) is 5.49. The van der Waals surface area contributed by atoms with E-state index in [-0.39, 0.29) is 0 Å². The van der Waals surface area contributed by atoms with Crippen LogP contribution in [0.3, 0.4) is 0 Å². The van der Waals surface area contributed by atoms with E-state index in [4.69, 9.17) is 16.3 Å². The number of halogens is 1. The Labute approximate surface area is 136 Å². The number of ether oxygens (including phenoxy) is 1. The summed E-state index contributed by atoms with van der Waals surface area (Å²) in [5, 5.41) is 3.45. The summed E-state index contributed by atoms with van der Waals surface area (Å²) in [6, 6.07) is 4.01. The molecule has 0 spiro atoms. The summed E-state index contributed by atoms with van der Waals surface area (Å²) in [4.78, 5) is 7.73. The molecule has 6 heteroatoms. The maximum absolute atomic E-state index is 5.97. The maximum atomic E-state index is 5.97. The molecule has 0 amide bonds. The molecular formula is C15H24ClN3OS. The molecule has 0 bridgehead atoms. The highest BCUT2D eigenvalue weighted by Crippen LogP contribution is 2.22. The molecule has 1 N–H and O–H groups in total. The monoisotopic (exact) mass is 329 g/mol. The molecule has 1 aromatic heterocycles. The Balaban J connectivity index is 1.74. The third-order valence-corrected chi connectivity index (χ3v) is 4.99. The molecule has 2 heterocycles. The predicted molar refractivity (Wildman–Crippen MR) is 90.3 cm³/mol. The summed E-state index contributed by atoms with van der Waals surface area (Å²) in [6.45, 7) is 3.62. The van der Waals surface area contributed by atoms with E-state index in [1.807, 2.05) is 13.1 Å². The van der Waals surface area contributed by atoms with Crippen molar-refractivity contribution < 1.29 is 4.74 Å². The highest BCUT2D eigenvalue weighted by atomic mass is 35.5. The van der Waals surface area contributed by atoms with Crippen molar-refractivity contribution in [2.75, 3.05) is 33.9 Å². The lowest BCUT2D eigenvalue weighted by Gasteiger charge is -2.24. The molecule has 118 valence electrons. The molecule has 4 nitrogen and oxygen atoms in total. The minimum atomic E-state index is 0.783. The largest absolute Gasteiger partial charge is 0.381 e. The normalized spacial score (nSPS) is 17.0. The topological polar surface area (TPSA) is 36.9 Å². The summed E-state index contributed by atoms with van der Waals surface area (Å²) in [7, 11) is 3.88. The van der Waals surface area contributed by atoms with Crippen LogP contribution in [0.25, 0.3) is 0 Å². The number of aliphatic imine (C=N–C) groups is 1. The molecule has 1 saturated heterocycles. The maximum Gasteiger partial charge on any atom is 0.193 e. The average Bonchev–Trinajstić information content (AvgIpc) is 2.89. The second-order valence-electron chi connectivity index (χ2n) is 5.38. The number of hydrogen-bond acceptors (Lipinski definition) is 3. The SMILES string of the molecule is CN=C(NCCC1CCOCC1)N(C)Cc1ccc(Cl)s1. The van der Waals surface area contributed by atoms with Gasteiger partial charge >= 0.3 is 0 Å². The second kappa shape index (κ2) is 8.61. The number of nitrogens with zero attached hydrogens (tertiary/aromatic N) is 2. The average molecular weight is 330 g/mol. The Morgan fingerprint density at radius 3 is 2.86 bits per heavy atom. The summed E-state index contributed by atoms with van der Waals surface area (Å²) >= 11 is 7.59. The summed E-state index contributed by atoms with van der Waals surface area (Å²) in [6.07, 6.45) is 3.55. The Morgan fingerprint density at radius 2 is 2.24 bits per heavy atom. The van der Waals surface area contributed by atoms with Gasteiger partial charge in [-0.2, -0.15) is 0 Å². The van der Waals surface area contributed by atoms with Gasteiger partial charge in [0.1, 0.15) is 0 Å². The van der Waals surface area contributed by atoms with Crippen molar-refractivity contribution in [2.24, 2.45) is 10.9 Å². The summed E-state index contributed by atoms with van der Waals surface area (Å²) in [5.74, 6) is 1.72. The van der Waals surface area contributed by atoms with Crippen molar-refractivity contribution in [3.63, 3.8) is 0 Å². The van der Waals surface area contributed by atoms with Gasteiger partial charge in [0.15, 0.2) is 5.96 Å². The van der Waals surface area contributed by atoms with Crippen LogP contribution in [-0.4, -0.2) is 44.7 Å². The quantitative estimate of drug-likeness (QED) is 0.665. The Kier molecular flexibility index (Phi) is 6.80. The third-order valence-electron chi connectivity index (χ3n) is 3.77. The van der Waals surface area contributed by atoms with Crippen molar-refractivity contribution in [1.82, 2.24) is 10.2 Å². The first-order valence-corrected chi connectivity index (χ1v) is 8.62. The smallest absolute Gasteiger partial charge is 0.193 e. The number of hydrogen-bond donors (Lipinski definition) is 1. The fourth-order valence-electron chi connectivity index (χ4n) is 2.55. The molecule has 0 aromatic carbocycles. The van der Waals surface area contributed by atoms with Crippen molar-refractivity contribution >= 4 is 28.9 Å². The van der Waals surface area contributed by atoms with Gasteiger partial charge < -0.3 is 15.0 Å². The van der Waals surface area contributed by atoms with Gasteiger partial charge in [-0.05, 0) is 37.3 Å². The molecule has 0 unspecified atom stereocenters. The first-order valence-electron chi connectivity index (χ1n) is 7.42. The van der Waals surface area contributed by atoms with Gasteiger partial charge in [0, 0.05) is 38.7 Å². The van der Waals surface area contributed by atoms with Crippen LogP contribution in [0.15, 0.2) is 17.1 Å². The van der Waals surface area contributed by atoms with Crippen LogP contribution in [0.2, 0.25) is 4.34 Å². The van der Waals surface area contributed by atoms with E-state index in [0.717, 1.165) is 42.5 Å². The van der Waals surface area contributed by atoms with Crippen molar-refractivity contribution in [3.05, 3.63) is 21.3 Å². The molecular weight excluding hydrogens is 306 g/mol. The zero-order chi connectivity index (χ0) is 15.1. The van der Waals surface area contributed by atoms with Crippen LogP contribution < -0.4 is 5.32 Å². The zero-order valence-electron chi connectivity index (χ0n) is 12.8. The number of nitrogens with one attached hydrogen (secondary N) is 1. The van der Waals surface area contributed by atoms with Crippen molar-refractivity contribution in [2.45, 2.75) is 25.8 Å². The molecule has 0 radical (unpaired) electrons. The van der Waals surface area contributed by atoms with E-state index in [1.54, 1.807) is 11.3 Å². The summed E-state index contributed by atoms with van der Waals surface area (Å²) < 4.78 is 6.23. The molecule has 0 atom stereocenters. The van der Waals surface area contributed by atoms with Gasteiger partial charge in [-0.1, -0.05) is 11.6 Å². The number of guanidine groups is 1. The lowest BCUT2D eigenvalue weighted by Crippen LogP contribution is -2.39. The molecule has 0 aliphatic carbocycles. The van der Waals surface area contributed by atoms with Crippen LogP contribution in [0.1, 0.15) is 24.1 Å². The highest BCUT2D eigenvalue weighted by molar-refractivity contribution is 7.16. The summed E-state index contributed by atoms with van der Waals surface area (Å²) in [5.41, 5.74) is 0. The Bertz CT molecular complexity index is 458. The molecule has 21 heavy (non-hydrogen) atoms. The standard InChI is InChI=1S/C15H24ClN3OS/c1-17-15(18-8-5-12-6-9-20-10-7-12)19(2)11-13-3-4-14(16)21-13/h3-4,12H,5-11H2,1-2H3,(H,17,18). The molecule has 2 rings (SSSR count). The Hall–Kier alpha value is -0.780. The van der Waals surface area contributed by atoms with E-state index in [2.05, 4.69) is 28.3 Å². The lowest BCUT2D eigenvalue weighted by atomic mass is 9.97. The minimum Gasteiger partial charge on any atom is -0.381 e. The zero-order valence-corrected chi connectivity index (χ0v) is 14.3. The molecule has 0 saturated carbocycles. The fourth-order valence-corrected chi connectivity index (χ4v) is 3.69. The lowest BCUT2D eigenvalue weighted by molar-refractivity contribution is 0.0643. The van der Waals surface area contributed by atoms with Crippen molar-refractivity contribution in [1.29, 1.82) is 0 Å². The van der Waals surface area contributed by atoms with E-state index < -0.39 is 0 Å². The van der Waals surface area contributed by atoms with Gasteiger partial charge in [0.25, 0.3) is 0 Å². The van der Waals surface area contributed by atoms with Crippen LogP contribution >= 0.6 is 22.9 Å². The molecule has 1 aliphatic heterocycles. The predicted octanol–water partition coefficient (Wildman–Crippen LogP) is 3.23. The van der Waals surface area contributed by atoms with E-state index in [0.29, 0.717) is 0 Å². The Morgan fingerprint density at radius 1 is 1.48 bits per heavy atom. The van der Waals surface area contributed by atoms with Gasteiger partial charge in [0.05, 0.1) is 10.9 Å². The van der Waals surface area contributed by atoms with Gasteiger partial charge in [-0.3, -0.25) is 4.99 Å². The minimum absolute atomic E-state index is 0.783. The molecule has 1 aliphatic rings. The van der Waals surface area contributed by atoms with Gasteiger partial charge in [-0.25, -0.2) is 0 Å². The van der Waals surface area contributed by atoms with Crippen LogP contribution in [-0.2, 0) is 11.3 Å². The molecule has 1 aromatic rings. The van der Waals surface area contributed by atoms with Gasteiger partial charge in [-0.15, -0.1) is 11.3 Å². The van der Waals surface area contributed by atoms with E-state index >= 15 is 0 Å². The highest BCUT2D eigenvalue weighted by Gasteiger charge is 2.14. The fraction of sp³-hybridized carbons (Fsp3) is 0.667. The number of rotatable bonds is 5. The van der Waals surface area contributed by atoms with Crippen LogP contribution in [0, 0.1) is 5.92 Å².